The van der Waals surface area contributed by atoms with Crippen molar-refractivity contribution in [1.29, 1.82) is 0 Å². The fourth-order valence-electron chi connectivity index (χ4n) is 3.11. The van der Waals surface area contributed by atoms with Gasteiger partial charge in [-0.3, -0.25) is 4.79 Å². The molecule has 1 aromatic rings. The Labute approximate surface area is 153 Å². The van der Waals surface area contributed by atoms with Crippen molar-refractivity contribution < 1.29 is 28.9 Å². The highest BCUT2D eigenvalue weighted by atomic mass is 16.5. The van der Waals surface area contributed by atoms with Gasteiger partial charge in [0.15, 0.2) is 11.5 Å². The van der Waals surface area contributed by atoms with Crippen LogP contribution in [0.2, 0.25) is 0 Å². The van der Waals surface area contributed by atoms with Crippen molar-refractivity contribution in [2.24, 2.45) is 0 Å². The Morgan fingerprint density at radius 2 is 1.62 bits per heavy atom. The first-order valence-electron chi connectivity index (χ1n) is 9.13. The Morgan fingerprint density at radius 3 is 2.12 bits per heavy atom. The maximum absolute atomic E-state index is 13.0. The average Bonchev–Trinajstić information content (AvgIpc) is 2.64. The van der Waals surface area contributed by atoms with Crippen molar-refractivity contribution in [2.75, 3.05) is 26.4 Å². The van der Waals surface area contributed by atoms with Gasteiger partial charge in [0.25, 0.3) is 5.91 Å². The van der Waals surface area contributed by atoms with Gasteiger partial charge in [-0.15, -0.1) is 0 Å². The lowest BCUT2D eigenvalue weighted by atomic mass is 10.0. The largest absolute Gasteiger partial charge is 0.490 e. The summed E-state index contributed by atoms with van der Waals surface area (Å²) >= 11 is 0. The van der Waals surface area contributed by atoms with Crippen LogP contribution in [0.1, 0.15) is 50.4 Å². The van der Waals surface area contributed by atoms with E-state index in [0.29, 0.717) is 55.6 Å². The standard InChI is InChI=1S/C19H27NO6/c1-4-24-15-11-13(12-16(25-5-2)17(15)26-6-3)18(21)20-10-8-7-9-14(20)19(22)23/h11-12,14H,4-10H2,1-3H3,(H,22,23)/t14-/m1/s1. The highest BCUT2D eigenvalue weighted by Crippen LogP contribution is 2.39. The Bertz CT molecular complexity index is 618. The summed E-state index contributed by atoms with van der Waals surface area (Å²) in [6.07, 6.45) is 2.07. The number of hydrogen-bond donors (Lipinski definition) is 1. The second-order valence-corrected chi connectivity index (χ2v) is 5.95. The van der Waals surface area contributed by atoms with Gasteiger partial charge in [0.05, 0.1) is 19.8 Å². The minimum atomic E-state index is -0.973. The van der Waals surface area contributed by atoms with Gasteiger partial charge in [0.1, 0.15) is 6.04 Å². The second-order valence-electron chi connectivity index (χ2n) is 5.95. The van der Waals surface area contributed by atoms with E-state index in [0.717, 1.165) is 12.8 Å². The number of benzene rings is 1. The molecule has 0 bridgehead atoms. The molecule has 1 aliphatic rings. The van der Waals surface area contributed by atoms with Crippen LogP contribution in [0.15, 0.2) is 12.1 Å². The Morgan fingerprint density at radius 1 is 1.04 bits per heavy atom. The van der Waals surface area contributed by atoms with E-state index in [4.69, 9.17) is 14.2 Å². The molecule has 0 radical (unpaired) electrons. The van der Waals surface area contributed by atoms with E-state index in [1.807, 2.05) is 20.8 Å². The van der Waals surface area contributed by atoms with Gasteiger partial charge in [-0.25, -0.2) is 4.79 Å². The van der Waals surface area contributed by atoms with E-state index >= 15 is 0 Å². The van der Waals surface area contributed by atoms with Crippen LogP contribution in [0.25, 0.3) is 0 Å². The second kappa shape index (κ2) is 9.31. The van der Waals surface area contributed by atoms with Gasteiger partial charge in [-0.2, -0.15) is 0 Å². The normalized spacial score (nSPS) is 16.9. The predicted octanol–water partition coefficient (Wildman–Crippen LogP) is 2.96. The van der Waals surface area contributed by atoms with Gasteiger partial charge >= 0.3 is 5.97 Å². The molecule has 1 amide bonds. The Balaban J connectivity index is 2.43. The predicted molar refractivity (Wildman–Crippen MR) is 96.3 cm³/mol. The zero-order valence-electron chi connectivity index (χ0n) is 15.6. The summed E-state index contributed by atoms with van der Waals surface area (Å²) in [5.41, 5.74) is 0.341. The van der Waals surface area contributed by atoms with E-state index in [-0.39, 0.29) is 5.91 Å². The summed E-state index contributed by atoms with van der Waals surface area (Å²) in [5.74, 6) is 0.00218. The minimum Gasteiger partial charge on any atom is -0.490 e. The first kappa shape index (κ1) is 19.9. The molecule has 0 spiro atoms. The number of hydrogen-bond acceptors (Lipinski definition) is 5. The van der Waals surface area contributed by atoms with Crippen LogP contribution >= 0.6 is 0 Å². The van der Waals surface area contributed by atoms with Gasteiger partial charge in [0, 0.05) is 12.1 Å². The number of carboxylic acid groups (broad SMARTS) is 1. The van der Waals surface area contributed by atoms with Crippen LogP contribution in [0, 0.1) is 0 Å². The molecular formula is C19H27NO6. The Hall–Kier alpha value is -2.44. The van der Waals surface area contributed by atoms with E-state index in [9.17, 15) is 14.7 Å². The molecule has 1 aliphatic heterocycles. The van der Waals surface area contributed by atoms with Crippen LogP contribution in [0.4, 0.5) is 0 Å². The number of amides is 1. The molecule has 1 heterocycles. The van der Waals surface area contributed by atoms with Crippen LogP contribution in [0.5, 0.6) is 17.2 Å². The zero-order valence-corrected chi connectivity index (χ0v) is 15.6. The molecule has 0 unspecified atom stereocenters. The number of nitrogens with zero attached hydrogens (tertiary/aromatic N) is 1. The first-order chi connectivity index (χ1) is 12.5. The molecule has 7 heteroatoms. The SMILES string of the molecule is CCOc1cc(C(=O)N2CCCC[C@@H]2C(=O)O)cc(OCC)c1OCC. The third-order valence-corrected chi connectivity index (χ3v) is 4.20. The summed E-state index contributed by atoms with van der Waals surface area (Å²) in [7, 11) is 0. The van der Waals surface area contributed by atoms with E-state index in [1.54, 1.807) is 12.1 Å². The van der Waals surface area contributed by atoms with Gasteiger partial charge in [-0.05, 0) is 52.2 Å². The maximum atomic E-state index is 13.0. The van der Waals surface area contributed by atoms with Gasteiger partial charge in [-0.1, -0.05) is 0 Å². The van der Waals surface area contributed by atoms with Gasteiger partial charge < -0.3 is 24.2 Å². The summed E-state index contributed by atoms with van der Waals surface area (Å²) in [6.45, 7) is 7.22. The molecule has 1 fully saturated rings. The smallest absolute Gasteiger partial charge is 0.326 e. The lowest BCUT2D eigenvalue weighted by molar-refractivity contribution is -0.143. The quantitative estimate of drug-likeness (QED) is 0.762. The molecule has 26 heavy (non-hydrogen) atoms. The highest BCUT2D eigenvalue weighted by Gasteiger charge is 2.33. The highest BCUT2D eigenvalue weighted by molar-refractivity contribution is 5.98. The lowest BCUT2D eigenvalue weighted by Gasteiger charge is -2.33. The number of carboxylic acids is 1. The molecule has 0 aliphatic carbocycles. The fraction of sp³-hybridized carbons (Fsp3) is 0.579. The molecule has 1 atom stereocenters. The third kappa shape index (κ3) is 4.39. The summed E-state index contributed by atoms with van der Waals surface area (Å²) in [4.78, 5) is 25.9. The van der Waals surface area contributed by atoms with Crippen LogP contribution < -0.4 is 14.2 Å². The number of carbonyl (C=O) groups excluding carboxylic acids is 1. The number of aliphatic carboxylic acids is 1. The number of carbonyl (C=O) groups is 2. The zero-order chi connectivity index (χ0) is 19.1. The molecule has 2 rings (SSSR count). The molecule has 0 saturated carbocycles. The number of likely N-dealkylation sites (tertiary alicyclic amines) is 1. The van der Waals surface area contributed by atoms with E-state index in [1.165, 1.54) is 4.90 Å². The number of piperidine rings is 1. The van der Waals surface area contributed by atoms with Crippen LogP contribution in [0.3, 0.4) is 0 Å². The summed E-state index contributed by atoms with van der Waals surface area (Å²) < 4.78 is 16.9. The first-order valence-corrected chi connectivity index (χ1v) is 9.13. The van der Waals surface area contributed by atoms with Crippen molar-refractivity contribution in [1.82, 2.24) is 4.90 Å². The van der Waals surface area contributed by atoms with E-state index < -0.39 is 12.0 Å². The average molecular weight is 365 g/mol. The third-order valence-electron chi connectivity index (χ3n) is 4.20. The topological polar surface area (TPSA) is 85.3 Å². The lowest BCUT2D eigenvalue weighted by Crippen LogP contribution is -2.48. The van der Waals surface area contributed by atoms with Crippen molar-refractivity contribution in [2.45, 2.75) is 46.1 Å². The Kier molecular flexibility index (Phi) is 7.12. The maximum Gasteiger partial charge on any atom is 0.326 e. The molecule has 0 aromatic heterocycles. The molecule has 1 saturated heterocycles. The number of ether oxygens (including phenoxy) is 3. The summed E-state index contributed by atoms with van der Waals surface area (Å²) in [5, 5.41) is 9.43. The van der Waals surface area contributed by atoms with Crippen LogP contribution in [-0.4, -0.2) is 54.3 Å². The van der Waals surface area contributed by atoms with Crippen LogP contribution in [-0.2, 0) is 4.79 Å². The molecule has 1 aromatic carbocycles. The van der Waals surface area contributed by atoms with Crippen molar-refractivity contribution in [3.8, 4) is 17.2 Å². The van der Waals surface area contributed by atoms with E-state index in [2.05, 4.69) is 0 Å². The number of rotatable bonds is 8. The van der Waals surface area contributed by atoms with Crippen molar-refractivity contribution in [3.05, 3.63) is 17.7 Å². The molecule has 1 N–H and O–H groups in total. The van der Waals surface area contributed by atoms with Crippen molar-refractivity contribution in [3.63, 3.8) is 0 Å². The minimum absolute atomic E-state index is 0.331. The van der Waals surface area contributed by atoms with Crippen molar-refractivity contribution >= 4 is 11.9 Å². The summed E-state index contributed by atoms with van der Waals surface area (Å²) in [6, 6.07) is 2.41. The fourth-order valence-corrected chi connectivity index (χ4v) is 3.11. The molecule has 7 nitrogen and oxygen atoms in total. The molecule has 144 valence electrons. The molecular weight excluding hydrogens is 338 g/mol. The monoisotopic (exact) mass is 365 g/mol. The van der Waals surface area contributed by atoms with Gasteiger partial charge in [0.2, 0.25) is 5.75 Å².